The predicted octanol–water partition coefficient (Wildman–Crippen LogP) is 2.64. The molecule has 0 spiro atoms. The van der Waals surface area contributed by atoms with E-state index in [2.05, 4.69) is 5.32 Å². The van der Waals surface area contributed by atoms with Gasteiger partial charge in [-0.05, 0) is 30.5 Å². The topological polar surface area (TPSA) is 58.2 Å². The number of aryl methyl sites for hydroxylation is 1. The molecule has 0 unspecified atom stereocenters. The zero-order valence-corrected chi connectivity index (χ0v) is 11.9. The molecule has 0 aliphatic heterocycles. The number of carbonyl (C=O) groups is 2. The van der Waals surface area contributed by atoms with Crippen molar-refractivity contribution < 1.29 is 22.8 Å². The van der Waals surface area contributed by atoms with Crippen LogP contribution in [0.4, 0.5) is 18.9 Å². The summed E-state index contributed by atoms with van der Waals surface area (Å²) in [7, 11) is 0. The Kier molecular flexibility index (Phi) is 5.34. The predicted molar refractivity (Wildman–Crippen MR) is 72.6 cm³/mol. The van der Waals surface area contributed by atoms with E-state index < -0.39 is 30.0 Å². The zero-order chi connectivity index (χ0) is 16.2. The summed E-state index contributed by atoms with van der Waals surface area (Å²) >= 11 is 0. The van der Waals surface area contributed by atoms with E-state index in [4.69, 9.17) is 0 Å². The van der Waals surface area contributed by atoms with Crippen LogP contribution >= 0.6 is 0 Å². The van der Waals surface area contributed by atoms with Gasteiger partial charge in [-0.1, -0.05) is 26.0 Å². The molecule has 0 aliphatic carbocycles. The van der Waals surface area contributed by atoms with Gasteiger partial charge in [0, 0.05) is 5.69 Å². The Morgan fingerprint density at radius 1 is 1.19 bits per heavy atom. The Balaban J connectivity index is 2.81. The van der Waals surface area contributed by atoms with Crippen molar-refractivity contribution in [1.29, 1.82) is 0 Å². The largest absolute Gasteiger partial charge is 0.471 e. The van der Waals surface area contributed by atoms with Gasteiger partial charge in [-0.2, -0.15) is 13.2 Å². The minimum Gasteiger partial charge on any atom is -0.336 e. The quantitative estimate of drug-likeness (QED) is 0.898. The lowest BCUT2D eigenvalue weighted by Crippen LogP contribution is -2.51. The van der Waals surface area contributed by atoms with Gasteiger partial charge in [0.25, 0.3) is 0 Å². The molecule has 21 heavy (non-hydrogen) atoms. The van der Waals surface area contributed by atoms with E-state index in [-0.39, 0.29) is 0 Å². The van der Waals surface area contributed by atoms with Gasteiger partial charge in [-0.3, -0.25) is 9.59 Å². The molecular formula is C14H17F3N2O2. The van der Waals surface area contributed by atoms with Crippen LogP contribution in [0.3, 0.4) is 0 Å². The van der Waals surface area contributed by atoms with Crippen molar-refractivity contribution in [3.05, 3.63) is 29.8 Å². The molecule has 0 bridgehead atoms. The summed E-state index contributed by atoms with van der Waals surface area (Å²) in [6.07, 6.45) is -5.02. The normalized spacial score (nSPS) is 12.9. The Hall–Kier alpha value is -2.05. The number of nitrogens with one attached hydrogen (secondary N) is 2. The first-order chi connectivity index (χ1) is 9.61. The summed E-state index contributed by atoms with van der Waals surface area (Å²) in [5.41, 5.74) is 1.36. The Morgan fingerprint density at radius 3 is 2.29 bits per heavy atom. The van der Waals surface area contributed by atoms with Crippen LogP contribution in [0.1, 0.15) is 19.4 Å². The Labute approximate surface area is 120 Å². The minimum absolute atomic E-state index is 0.465. The summed E-state index contributed by atoms with van der Waals surface area (Å²) in [4.78, 5) is 23.0. The molecule has 2 N–H and O–H groups in total. The van der Waals surface area contributed by atoms with Crippen LogP contribution in [0.25, 0.3) is 0 Å². The lowest BCUT2D eigenvalue weighted by Gasteiger charge is -2.22. The molecular weight excluding hydrogens is 285 g/mol. The molecule has 7 heteroatoms. The lowest BCUT2D eigenvalue weighted by molar-refractivity contribution is -0.175. The zero-order valence-electron chi connectivity index (χ0n) is 11.9. The first-order valence-electron chi connectivity index (χ1n) is 6.36. The first kappa shape index (κ1) is 17.0. The van der Waals surface area contributed by atoms with Gasteiger partial charge in [0.05, 0.1) is 0 Å². The summed E-state index contributed by atoms with van der Waals surface area (Å²) in [6.45, 7) is 4.93. The van der Waals surface area contributed by atoms with Crippen molar-refractivity contribution in [2.45, 2.75) is 33.0 Å². The Morgan fingerprint density at radius 2 is 1.81 bits per heavy atom. The standard InChI is InChI=1S/C14H17F3N2O2/c1-8(2)11(19-13(21)14(15,16)17)12(20)18-10-6-4-5-9(3)7-10/h4-8,11H,1-3H3,(H,18,20)(H,19,21)/t11-/m0/s1. The molecule has 1 aromatic rings. The van der Waals surface area contributed by atoms with E-state index in [1.54, 1.807) is 37.4 Å². The van der Waals surface area contributed by atoms with E-state index in [1.165, 1.54) is 0 Å². The van der Waals surface area contributed by atoms with Gasteiger partial charge in [-0.25, -0.2) is 0 Å². The first-order valence-corrected chi connectivity index (χ1v) is 6.36. The van der Waals surface area contributed by atoms with Crippen molar-refractivity contribution in [2.75, 3.05) is 5.32 Å². The van der Waals surface area contributed by atoms with Crippen molar-refractivity contribution in [1.82, 2.24) is 5.32 Å². The average Bonchev–Trinajstić information content (AvgIpc) is 2.33. The van der Waals surface area contributed by atoms with Crippen molar-refractivity contribution in [2.24, 2.45) is 5.92 Å². The molecule has 2 amide bonds. The summed E-state index contributed by atoms with van der Waals surface area (Å²) in [5, 5.41) is 4.22. The highest BCUT2D eigenvalue weighted by atomic mass is 19.4. The number of halogens is 3. The lowest BCUT2D eigenvalue weighted by atomic mass is 10.0. The maximum atomic E-state index is 12.3. The van der Waals surface area contributed by atoms with Crippen molar-refractivity contribution >= 4 is 17.5 Å². The van der Waals surface area contributed by atoms with Crippen LogP contribution in [0.2, 0.25) is 0 Å². The smallest absolute Gasteiger partial charge is 0.336 e. The Bertz CT molecular complexity index is 527. The molecule has 1 aromatic carbocycles. The SMILES string of the molecule is Cc1cccc(NC(=O)[C@@H](NC(=O)C(F)(F)F)C(C)C)c1. The second-order valence-corrected chi connectivity index (χ2v) is 5.05. The highest BCUT2D eigenvalue weighted by Crippen LogP contribution is 2.17. The van der Waals surface area contributed by atoms with E-state index in [0.717, 1.165) is 5.56 Å². The van der Waals surface area contributed by atoms with Crippen LogP contribution in [-0.4, -0.2) is 24.0 Å². The monoisotopic (exact) mass is 302 g/mol. The molecule has 0 aliphatic rings. The molecule has 1 rings (SSSR count). The third-order valence-electron chi connectivity index (χ3n) is 2.78. The van der Waals surface area contributed by atoms with E-state index in [9.17, 15) is 22.8 Å². The number of alkyl halides is 3. The fourth-order valence-electron chi connectivity index (χ4n) is 1.70. The van der Waals surface area contributed by atoms with Crippen LogP contribution in [0.15, 0.2) is 24.3 Å². The molecule has 0 saturated heterocycles. The summed E-state index contributed by atoms with van der Waals surface area (Å²) < 4.78 is 36.8. The van der Waals surface area contributed by atoms with Crippen molar-refractivity contribution in [3.8, 4) is 0 Å². The van der Waals surface area contributed by atoms with Gasteiger partial charge in [0.1, 0.15) is 6.04 Å². The minimum atomic E-state index is -5.02. The van der Waals surface area contributed by atoms with Gasteiger partial charge < -0.3 is 10.6 Å². The highest BCUT2D eigenvalue weighted by Gasteiger charge is 2.41. The van der Waals surface area contributed by atoms with E-state index in [1.807, 2.05) is 13.0 Å². The molecule has 116 valence electrons. The second kappa shape index (κ2) is 6.60. The van der Waals surface area contributed by atoms with Crippen molar-refractivity contribution in [3.63, 3.8) is 0 Å². The van der Waals surface area contributed by atoms with Crippen LogP contribution in [0, 0.1) is 12.8 Å². The van der Waals surface area contributed by atoms with Crippen LogP contribution < -0.4 is 10.6 Å². The fourth-order valence-corrected chi connectivity index (χ4v) is 1.70. The van der Waals surface area contributed by atoms with E-state index in [0.29, 0.717) is 5.69 Å². The van der Waals surface area contributed by atoms with Gasteiger partial charge in [0.2, 0.25) is 5.91 Å². The number of hydrogen-bond donors (Lipinski definition) is 2. The average molecular weight is 302 g/mol. The molecule has 1 atom stereocenters. The summed E-state index contributed by atoms with van der Waals surface area (Å²) in [6, 6.07) is 5.57. The molecule has 0 fully saturated rings. The molecule has 0 radical (unpaired) electrons. The second-order valence-electron chi connectivity index (χ2n) is 5.05. The third kappa shape index (κ3) is 5.09. The number of amides is 2. The maximum Gasteiger partial charge on any atom is 0.471 e. The number of carbonyl (C=O) groups excluding carboxylic acids is 2. The number of hydrogen-bond acceptors (Lipinski definition) is 2. The van der Waals surface area contributed by atoms with Crippen LogP contribution in [-0.2, 0) is 9.59 Å². The van der Waals surface area contributed by atoms with Gasteiger partial charge in [0.15, 0.2) is 0 Å². The molecule has 0 saturated carbocycles. The third-order valence-corrected chi connectivity index (χ3v) is 2.78. The fraction of sp³-hybridized carbons (Fsp3) is 0.429. The number of anilines is 1. The van der Waals surface area contributed by atoms with E-state index >= 15 is 0 Å². The maximum absolute atomic E-state index is 12.3. The number of rotatable bonds is 4. The van der Waals surface area contributed by atoms with Gasteiger partial charge in [-0.15, -0.1) is 0 Å². The summed E-state index contributed by atoms with van der Waals surface area (Å²) in [5.74, 6) is -3.30. The molecule has 0 heterocycles. The van der Waals surface area contributed by atoms with Crippen LogP contribution in [0.5, 0.6) is 0 Å². The highest BCUT2D eigenvalue weighted by molar-refractivity contribution is 5.98. The molecule has 4 nitrogen and oxygen atoms in total. The molecule has 0 aromatic heterocycles. The van der Waals surface area contributed by atoms with Gasteiger partial charge >= 0.3 is 12.1 Å². The number of benzene rings is 1.